The number of anilines is 1. The molecule has 0 atom stereocenters. The predicted octanol–water partition coefficient (Wildman–Crippen LogP) is 1.81. The Morgan fingerprint density at radius 2 is 2.19 bits per heavy atom. The van der Waals surface area contributed by atoms with E-state index in [2.05, 4.69) is 10.6 Å². The van der Waals surface area contributed by atoms with Crippen molar-refractivity contribution in [2.75, 3.05) is 26.0 Å². The van der Waals surface area contributed by atoms with Gasteiger partial charge in [0.05, 0.1) is 19.3 Å². The molecule has 0 saturated heterocycles. The smallest absolute Gasteiger partial charge is 0.238 e. The molecule has 0 radical (unpaired) electrons. The Labute approximate surface area is 99.9 Å². The molecular weight excluding hydrogens is 228 g/mol. The van der Waals surface area contributed by atoms with E-state index in [1.54, 1.807) is 26.3 Å². The van der Waals surface area contributed by atoms with E-state index in [-0.39, 0.29) is 12.5 Å². The topological polar surface area (TPSA) is 50.4 Å². The standard InChI is InChI=1S/C11H15ClN2O2/c1-7-4-8(12)5-9(11(7)16-3)14-10(15)6-13-2/h4-5,13H,6H2,1-3H3,(H,14,15). The SMILES string of the molecule is CNCC(=O)Nc1cc(Cl)cc(C)c1OC. The van der Waals surface area contributed by atoms with Crippen LogP contribution in [0, 0.1) is 6.92 Å². The van der Waals surface area contributed by atoms with Crippen molar-refractivity contribution in [2.24, 2.45) is 0 Å². The highest BCUT2D eigenvalue weighted by Gasteiger charge is 2.10. The van der Waals surface area contributed by atoms with Crippen LogP contribution in [0.5, 0.6) is 5.75 Å². The van der Waals surface area contributed by atoms with E-state index in [1.807, 2.05) is 6.92 Å². The van der Waals surface area contributed by atoms with Gasteiger partial charge >= 0.3 is 0 Å². The number of likely N-dealkylation sites (N-methyl/N-ethyl adjacent to an activating group) is 1. The molecule has 0 heterocycles. The van der Waals surface area contributed by atoms with Crippen LogP contribution < -0.4 is 15.4 Å². The minimum atomic E-state index is -0.137. The number of nitrogens with one attached hydrogen (secondary N) is 2. The summed E-state index contributed by atoms with van der Waals surface area (Å²) >= 11 is 5.92. The van der Waals surface area contributed by atoms with Crippen molar-refractivity contribution in [3.63, 3.8) is 0 Å². The number of benzene rings is 1. The molecular formula is C11H15ClN2O2. The summed E-state index contributed by atoms with van der Waals surface area (Å²) in [5, 5.41) is 6.07. The zero-order chi connectivity index (χ0) is 12.1. The fraction of sp³-hybridized carbons (Fsp3) is 0.364. The van der Waals surface area contributed by atoms with E-state index in [9.17, 15) is 4.79 Å². The van der Waals surface area contributed by atoms with Crippen molar-refractivity contribution in [3.8, 4) is 5.75 Å². The minimum Gasteiger partial charge on any atom is -0.494 e. The Hall–Kier alpha value is -1.26. The lowest BCUT2D eigenvalue weighted by molar-refractivity contribution is -0.115. The van der Waals surface area contributed by atoms with Crippen LogP contribution in [0.4, 0.5) is 5.69 Å². The van der Waals surface area contributed by atoms with Crippen LogP contribution in [0.1, 0.15) is 5.56 Å². The molecule has 4 nitrogen and oxygen atoms in total. The number of halogens is 1. The lowest BCUT2D eigenvalue weighted by Crippen LogP contribution is -2.25. The van der Waals surface area contributed by atoms with Gasteiger partial charge in [-0.15, -0.1) is 0 Å². The van der Waals surface area contributed by atoms with Crippen LogP contribution in [-0.4, -0.2) is 26.6 Å². The van der Waals surface area contributed by atoms with Crippen molar-refractivity contribution < 1.29 is 9.53 Å². The van der Waals surface area contributed by atoms with Gasteiger partial charge in [0.25, 0.3) is 0 Å². The molecule has 16 heavy (non-hydrogen) atoms. The molecule has 1 amide bonds. The van der Waals surface area contributed by atoms with Crippen LogP contribution >= 0.6 is 11.6 Å². The zero-order valence-corrected chi connectivity index (χ0v) is 10.3. The molecule has 0 aliphatic rings. The largest absolute Gasteiger partial charge is 0.494 e. The van der Waals surface area contributed by atoms with Gasteiger partial charge in [-0.05, 0) is 31.7 Å². The van der Waals surface area contributed by atoms with Gasteiger partial charge in [-0.3, -0.25) is 4.79 Å². The molecule has 0 aliphatic carbocycles. The molecule has 0 unspecified atom stereocenters. The Kier molecular flexibility index (Phi) is 4.58. The molecule has 0 fully saturated rings. The highest BCUT2D eigenvalue weighted by molar-refractivity contribution is 6.31. The second-order valence-corrected chi connectivity index (χ2v) is 3.82. The Morgan fingerprint density at radius 3 is 2.75 bits per heavy atom. The number of hydrogen-bond donors (Lipinski definition) is 2. The van der Waals surface area contributed by atoms with Gasteiger partial charge in [0.15, 0.2) is 0 Å². The van der Waals surface area contributed by atoms with Crippen LogP contribution in [0.25, 0.3) is 0 Å². The first-order valence-corrected chi connectivity index (χ1v) is 5.25. The second-order valence-electron chi connectivity index (χ2n) is 3.38. The maximum atomic E-state index is 11.4. The Balaban J connectivity index is 2.97. The quantitative estimate of drug-likeness (QED) is 0.847. The third-order valence-corrected chi connectivity index (χ3v) is 2.27. The molecule has 1 aromatic carbocycles. The Morgan fingerprint density at radius 1 is 1.50 bits per heavy atom. The summed E-state index contributed by atoms with van der Waals surface area (Å²) in [6, 6.07) is 3.45. The predicted molar refractivity (Wildman–Crippen MR) is 65.3 cm³/mol. The number of rotatable bonds is 4. The number of carbonyl (C=O) groups excluding carboxylic acids is 1. The van der Waals surface area contributed by atoms with E-state index in [4.69, 9.17) is 16.3 Å². The van der Waals surface area contributed by atoms with E-state index >= 15 is 0 Å². The summed E-state index contributed by atoms with van der Waals surface area (Å²) in [6.07, 6.45) is 0. The monoisotopic (exact) mass is 242 g/mol. The fourth-order valence-corrected chi connectivity index (χ4v) is 1.72. The first-order valence-electron chi connectivity index (χ1n) is 4.87. The van der Waals surface area contributed by atoms with Crippen LogP contribution in [0.3, 0.4) is 0 Å². The van der Waals surface area contributed by atoms with Crippen LogP contribution in [0.2, 0.25) is 5.02 Å². The number of ether oxygens (including phenoxy) is 1. The van der Waals surface area contributed by atoms with E-state index in [0.29, 0.717) is 16.5 Å². The summed E-state index contributed by atoms with van der Waals surface area (Å²) in [4.78, 5) is 11.4. The highest BCUT2D eigenvalue weighted by Crippen LogP contribution is 2.31. The maximum Gasteiger partial charge on any atom is 0.238 e. The molecule has 0 spiro atoms. The molecule has 0 aromatic heterocycles. The molecule has 2 N–H and O–H groups in total. The van der Waals surface area contributed by atoms with E-state index in [0.717, 1.165) is 5.56 Å². The number of carbonyl (C=O) groups is 1. The summed E-state index contributed by atoms with van der Waals surface area (Å²) in [5.74, 6) is 0.497. The van der Waals surface area contributed by atoms with Crippen molar-refractivity contribution in [1.29, 1.82) is 0 Å². The van der Waals surface area contributed by atoms with Gasteiger partial charge in [-0.2, -0.15) is 0 Å². The molecule has 0 bridgehead atoms. The summed E-state index contributed by atoms with van der Waals surface area (Å²) < 4.78 is 5.22. The third-order valence-electron chi connectivity index (χ3n) is 2.05. The summed E-state index contributed by atoms with van der Waals surface area (Å²) in [7, 11) is 3.27. The van der Waals surface area contributed by atoms with Crippen molar-refractivity contribution in [2.45, 2.75) is 6.92 Å². The molecule has 0 saturated carbocycles. The van der Waals surface area contributed by atoms with Gasteiger partial charge in [-0.25, -0.2) is 0 Å². The number of amides is 1. The van der Waals surface area contributed by atoms with Gasteiger partial charge in [0.2, 0.25) is 5.91 Å². The summed E-state index contributed by atoms with van der Waals surface area (Å²) in [6.45, 7) is 2.12. The normalized spacial score (nSPS) is 10.0. The average molecular weight is 243 g/mol. The number of aryl methyl sites for hydroxylation is 1. The molecule has 5 heteroatoms. The fourth-order valence-electron chi connectivity index (χ4n) is 1.45. The van der Waals surface area contributed by atoms with E-state index < -0.39 is 0 Å². The van der Waals surface area contributed by atoms with Gasteiger partial charge in [0.1, 0.15) is 5.75 Å². The van der Waals surface area contributed by atoms with Crippen LogP contribution in [-0.2, 0) is 4.79 Å². The molecule has 1 aromatic rings. The van der Waals surface area contributed by atoms with Crippen molar-refractivity contribution in [3.05, 3.63) is 22.7 Å². The second kappa shape index (κ2) is 5.72. The van der Waals surface area contributed by atoms with Crippen molar-refractivity contribution in [1.82, 2.24) is 5.32 Å². The first-order chi connectivity index (χ1) is 7.58. The lowest BCUT2D eigenvalue weighted by atomic mass is 10.2. The third kappa shape index (κ3) is 3.12. The molecule has 1 rings (SSSR count). The van der Waals surface area contributed by atoms with Crippen molar-refractivity contribution >= 4 is 23.2 Å². The van der Waals surface area contributed by atoms with Crippen LogP contribution in [0.15, 0.2) is 12.1 Å². The zero-order valence-electron chi connectivity index (χ0n) is 9.56. The van der Waals surface area contributed by atoms with Gasteiger partial charge in [-0.1, -0.05) is 11.6 Å². The number of hydrogen-bond acceptors (Lipinski definition) is 3. The highest BCUT2D eigenvalue weighted by atomic mass is 35.5. The maximum absolute atomic E-state index is 11.4. The molecule has 88 valence electrons. The number of methoxy groups -OCH3 is 1. The van der Waals surface area contributed by atoms with Gasteiger partial charge in [0, 0.05) is 5.02 Å². The molecule has 0 aliphatic heterocycles. The van der Waals surface area contributed by atoms with E-state index in [1.165, 1.54) is 0 Å². The Bertz CT molecular complexity index is 394. The average Bonchev–Trinajstić information content (AvgIpc) is 2.17. The lowest BCUT2D eigenvalue weighted by Gasteiger charge is -2.13. The van der Waals surface area contributed by atoms with Gasteiger partial charge < -0.3 is 15.4 Å². The minimum absolute atomic E-state index is 0.137. The summed E-state index contributed by atoms with van der Waals surface area (Å²) in [5.41, 5.74) is 1.47. The first kappa shape index (κ1) is 12.8.